The third-order valence-corrected chi connectivity index (χ3v) is 5.59. The fourth-order valence-electron chi connectivity index (χ4n) is 3.33. The smallest absolute Gasteiger partial charge is 0.255 e. The highest BCUT2D eigenvalue weighted by Crippen LogP contribution is 2.23. The van der Waals surface area contributed by atoms with Crippen molar-refractivity contribution < 1.29 is 0 Å². The third kappa shape index (κ3) is 3.87. The Morgan fingerprint density at radius 2 is 2.11 bits per heavy atom. The highest BCUT2D eigenvalue weighted by Gasteiger charge is 2.24. The van der Waals surface area contributed by atoms with Gasteiger partial charge in [-0.3, -0.25) is 14.7 Å². The third-order valence-electron chi connectivity index (χ3n) is 4.91. The van der Waals surface area contributed by atoms with E-state index in [0.29, 0.717) is 6.54 Å². The van der Waals surface area contributed by atoms with Crippen LogP contribution in [0.15, 0.2) is 40.0 Å². The number of aromatic nitrogens is 3. The van der Waals surface area contributed by atoms with Gasteiger partial charge in [-0.15, -0.1) is 0 Å². The van der Waals surface area contributed by atoms with Gasteiger partial charge < -0.3 is 4.98 Å². The molecule has 4 rings (SSSR count). The van der Waals surface area contributed by atoms with Gasteiger partial charge in [-0.1, -0.05) is 26.8 Å². The summed E-state index contributed by atoms with van der Waals surface area (Å²) in [6.45, 7) is 8.53. The van der Waals surface area contributed by atoms with E-state index in [4.69, 9.17) is 4.98 Å². The molecule has 0 amide bonds. The number of aromatic amines is 1. The number of nitrogens with one attached hydrogen (secondary N) is 1. The van der Waals surface area contributed by atoms with Crippen LogP contribution in [0.2, 0.25) is 0 Å². The summed E-state index contributed by atoms with van der Waals surface area (Å²) in [5, 5.41) is 4.17. The maximum absolute atomic E-state index is 12.6. The van der Waals surface area contributed by atoms with Crippen molar-refractivity contribution in [3.05, 3.63) is 68.2 Å². The van der Waals surface area contributed by atoms with Crippen LogP contribution in [0.25, 0.3) is 11.3 Å². The van der Waals surface area contributed by atoms with E-state index >= 15 is 0 Å². The summed E-state index contributed by atoms with van der Waals surface area (Å²) in [4.78, 5) is 27.2. The zero-order valence-electron chi connectivity index (χ0n) is 16.0. The normalized spacial score (nSPS) is 14.9. The van der Waals surface area contributed by atoms with Crippen LogP contribution in [0.3, 0.4) is 0 Å². The average molecular weight is 381 g/mol. The van der Waals surface area contributed by atoms with Gasteiger partial charge in [-0.2, -0.15) is 11.3 Å². The molecule has 0 atom stereocenters. The van der Waals surface area contributed by atoms with Gasteiger partial charge >= 0.3 is 0 Å². The highest BCUT2D eigenvalue weighted by molar-refractivity contribution is 7.08. The second kappa shape index (κ2) is 7.02. The summed E-state index contributed by atoms with van der Waals surface area (Å²) < 4.78 is 0. The van der Waals surface area contributed by atoms with Crippen molar-refractivity contribution in [1.29, 1.82) is 0 Å². The number of fused-ring (bicyclic) bond motifs is 1. The molecule has 3 aromatic heterocycles. The monoisotopic (exact) mass is 380 g/mol. The second-order valence-electron chi connectivity index (χ2n) is 8.11. The molecule has 1 aliphatic rings. The first-order chi connectivity index (χ1) is 12.9. The molecular weight excluding hydrogens is 356 g/mol. The number of thiophene rings is 1. The molecule has 0 saturated carbocycles. The first kappa shape index (κ1) is 18.1. The van der Waals surface area contributed by atoms with Crippen molar-refractivity contribution >= 4 is 11.3 Å². The maximum Gasteiger partial charge on any atom is 0.255 e. The van der Waals surface area contributed by atoms with E-state index in [1.165, 1.54) is 0 Å². The molecular formula is C21H24N4OS. The van der Waals surface area contributed by atoms with E-state index < -0.39 is 0 Å². The summed E-state index contributed by atoms with van der Waals surface area (Å²) in [5.74, 6) is 0.771. The van der Waals surface area contributed by atoms with Crippen LogP contribution in [-0.4, -0.2) is 26.4 Å². The summed E-state index contributed by atoms with van der Waals surface area (Å²) >= 11 is 1.68. The Balaban J connectivity index is 1.49. The lowest BCUT2D eigenvalue weighted by Gasteiger charge is -2.28. The van der Waals surface area contributed by atoms with Crippen LogP contribution in [-0.2, 0) is 24.9 Å². The van der Waals surface area contributed by atoms with E-state index in [0.717, 1.165) is 53.4 Å². The van der Waals surface area contributed by atoms with Crippen LogP contribution >= 0.6 is 11.3 Å². The van der Waals surface area contributed by atoms with Gasteiger partial charge in [0.1, 0.15) is 5.82 Å². The number of pyridine rings is 1. The average Bonchev–Trinajstić information content (AvgIpc) is 3.16. The number of hydrogen-bond donors (Lipinski definition) is 1. The molecule has 1 aliphatic heterocycles. The number of rotatable bonds is 3. The van der Waals surface area contributed by atoms with Crippen LogP contribution in [0.4, 0.5) is 0 Å². The minimum atomic E-state index is -0.152. The first-order valence-electron chi connectivity index (χ1n) is 9.22. The molecule has 0 radical (unpaired) electrons. The predicted molar refractivity (Wildman–Crippen MR) is 109 cm³/mol. The molecule has 0 fully saturated rings. The van der Waals surface area contributed by atoms with Gasteiger partial charge in [0.15, 0.2) is 0 Å². The summed E-state index contributed by atoms with van der Waals surface area (Å²) in [6.07, 6.45) is 2.75. The quantitative estimate of drug-likeness (QED) is 0.752. The Bertz CT molecular complexity index is 985. The van der Waals surface area contributed by atoms with Crippen LogP contribution in [0.5, 0.6) is 0 Å². The lowest BCUT2D eigenvalue weighted by Crippen LogP contribution is -2.37. The van der Waals surface area contributed by atoms with Crippen molar-refractivity contribution in [2.24, 2.45) is 0 Å². The van der Waals surface area contributed by atoms with Crippen LogP contribution in [0.1, 0.15) is 43.4 Å². The van der Waals surface area contributed by atoms with Crippen molar-refractivity contribution in [2.75, 3.05) is 6.54 Å². The molecule has 6 heteroatoms. The van der Waals surface area contributed by atoms with Crippen molar-refractivity contribution in [1.82, 2.24) is 19.9 Å². The maximum atomic E-state index is 12.6. The van der Waals surface area contributed by atoms with E-state index in [-0.39, 0.29) is 11.0 Å². The van der Waals surface area contributed by atoms with Gasteiger partial charge in [0, 0.05) is 48.6 Å². The van der Waals surface area contributed by atoms with Gasteiger partial charge in [-0.05, 0) is 23.1 Å². The van der Waals surface area contributed by atoms with E-state index in [1.807, 2.05) is 6.20 Å². The Morgan fingerprint density at radius 3 is 2.78 bits per heavy atom. The Morgan fingerprint density at radius 1 is 1.26 bits per heavy atom. The second-order valence-corrected chi connectivity index (χ2v) is 8.89. The minimum absolute atomic E-state index is 0.000515. The minimum Gasteiger partial charge on any atom is -0.310 e. The molecule has 0 unspecified atom stereocenters. The zero-order chi connectivity index (χ0) is 19.0. The molecule has 0 aromatic carbocycles. The highest BCUT2D eigenvalue weighted by atomic mass is 32.1. The number of hydrogen-bond acceptors (Lipinski definition) is 5. The first-order valence-corrected chi connectivity index (χ1v) is 10.2. The summed E-state index contributed by atoms with van der Waals surface area (Å²) in [6, 6.07) is 6.28. The number of nitrogens with zero attached hydrogens (tertiary/aromatic N) is 3. The topological polar surface area (TPSA) is 61.9 Å². The molecule has 27 heavy (non-hydrogen) atoms. The molecule has 140 valence electrons. The standard InChI is InChI=1S/C21H24N4OS/c1-21(2,3)20-23-18-6-8-25(12-16(18)19(26)24-20)11-14-4-5-17(22-10-14)15-7-9-27-13-15/h4-5,7,9-10,13H,6,8,11-12H2,1-3H3,(H,23,24,26). The van der Waals surface area contributed by atoms with Crippen molar-refractivity contribution in [3.63, 3.8) is 0 Å². The Kier molecular flexibility index (Phi) is 4.70. The molecule has 0 saturated heterocycles. The Hall–Kier alpha value is -2.31. The van der Waals surface area contributed by atoms with Gasteiger partial charge in [0.25, 0.3) is 5.56 Å². The van der Waals surface area contributed by atoms with Crippen molar-refractivity contribution in [3.8, 4) is 11.3 Å². The van der Waals surface area contributed by atoms with Gasteiger partial charge in [0.2, 0.25) is 0 Å². The van der Waals surface area contributed by atoms with Crippen LogP contribution < -0.4 is 5.56 Å². The van der Waals surface area contributed by atoms with E-state index in [1.54, 1.807) is 11.3 Å². The Labute approximate surface area is 163 Å². The van der Waals surface area contributed by atoms with Gasteiger partial charge in [-0.25, -0.2) is 4.98 Å². The molecule has 5 nitrogen and oxygen atoms in total. The lowest BCUT2D eigenvalue weighted by molar-refractivity contribution is 0.240. The molecule has 0 bridgehead atoms. The van der Waals surface area contributed by atoms with Crippen molar-refractivity contribution in [2.45, 2.75) is 45.7 Å². The van der Waals surface area contributed by atoms with E-state index in [9.17, 15) is 4.79 Å². The summed E-state index contributed by atoms with van der Waals surface area (Å²) in [5.41, 5.74) is 4.92. The number of H-pyrrole nitrogens is 1. The van der Waals surface area contributed by atoms with Crippen LogP contribution in [0, 0.1) is 0 Å². The fraction of sp³-hybridized carbons (Fsp3) is 0.381. The molecule has 1 N–H and O–H groups in total. The fourth-order valence-corrected chi connectivity index (χ4v) is 3.98. The zero-order valence-corrected chi connectivity index (χ0v) is 16.8. The molecule has 4 heterocycles. The SMILES string of the molecule is CC(C)(C)c1nc2c(c(=O)[nH]1)CN(Cc1ccc(-c3ccsc3)nc1)CC2. The summed E-state index contributed by atoms with van der Waals surface area (Å²) in [7, 11) is 0. The molecule has 0 aliphatic carbocycles. The largest absolute Gasteiger partial charge is 0.310 e. The predicted octanol–water partition coefficient (Wildman–Crippen LogP) is 3.75. The molecule has 3 aromatic rings. The lowest BCUT2D eigenvalue weighted by atomic mass is 9.95. The van der Waals surface area contributed by atoms with E-state index in [2.05, 4.69) is 64.6 Å². The molecule has 0 spiro atoms. The van der Waals surface area contributed by atoms with Gasteiger partial charge in [0.05, 0.1) is 17.0 Å².